The zero-order valence-electron chi connectivity index (χ0n) is 9.41. The van der Waals surface area contributed by atoms with E-state index >= 15 is 0 Å². The van der Waals surface area contributed by atoms with Crippen molar-refractivity contribution >= 4 is 5.91 Å². The average molecular weight is 225 g/mol. The average Bonchev–Trinajstić information content (AvgIpc) is 2.74. The van der Waals surface area contributed by atoms with Gasteiger partial charge < -0.3 is 9.64 Å². The summed E-state index contributed by atoms with van der Waals surface area (Å²) in [4.78, 5) is 13.8. The number of aromatic nitrogens is 4. The number of ether oxygens (including phenoxy) is 1. The Hall–Kier alpha value is -1.50. The maximum atomic E-state index is 12.0. The predicted octanol–water partition coefficient (Wildman–Crippen LogP) is -0.691. The Morgan fingerprint density at radius 1 is 1.56 bits per heavy atom. The van der Waals surface area contributed by atoms with Gasteiger partial charge in [0.05, 0.1) is 18.8 Å². The van der Waals surface area contributed by atoms with Crippen LogP contribution in [0.5, 0.6) is 0 Å². The maximum Gasteiger partial charge on any atom is 0.244 e. The quantitative estimate of drug-likeness (QED) is 0.666. The van der Waals surface area contributed by atoms with Gasteiger partial charge in [-0.3, -0.25) is 4.79 Å². The van der Waals surface area contributed by atoms with Crippen LogP contribution < -0.4 is 0 Å². The van der Waals surface area contributed by atoms with Gasteiger partial charge in [0.15, 0.2) is 0 Å². The Morgan fingerprint density at radius 2 is 2.38 bits per heavy atom. The van der Waals surface area contributed by atoms with Gasteiger partial charge in [0.1, 0.15) is 12.9 Å². The minimum Gasteiger partial charge on any atom is -0.375 e. The molecule has 0 aliphatic carbocycles. The molecule has 1 aromatic rings. The van der Waals surface area contributed by atoms with Crippen molar-refractivity contribution < 1.29 is 9.53 Å². The van der Waals surface area contributed by atoms with Crippen molar-refractivity contribution in [1.82, 2.24) is 25.1 Å². The molecule has 1 amide bonds. The summed E-state index contributed by atoms with van der Waals surface area (Å²) in [7, 11) is 0. The van der Waals surface area contributed by atoms with Crippen LogP contribution in [0.4, 0.5) is 0 Å². The topological polar surface area (TPSA) is 73.1 Å². The number of morpholine rings is 1. The molecule has 88 valence electrons. The van der Waals surface area contributed by atoms with Gasteiger partial charge in [-0.05, 0) is 24.3 Å². The third kappa shape index (κ3) is 2.35. The maximum absolute atomic E-state index is 12.0. The minimum absolute atomic E-state index is 0.0231. The number of tetrazole rings is 1. The summed E-state index contributed by atoms with van der Waals surface area (Å²) in [6.07, 6.45) is 1.53. The number of nitrogens with zero attached hydrogens (tertiary/aromatic N) is 5. The largest absolute Gasteiger partial charge is 0.375 e. The van der Waals surface area contributed by atoms with E-state index in [-0.39, 0.29) is 24.6 Å². The highest BCUT2D eigenvalue weighted by Gasteiger charge is 2.27. The highest BCUT2D eigenvalue weighted by Crippen LogP contribution is 2.11. The Morgan fingerprint density at radius 3 is 3.06 bits per heavy atom. The minimum atomic E-state index is 0.0231. The Balaban J connectivity index is 1.97. The summed E-state index contributed by atoms with van der Waals surface area (Å²) in [5.74, 6) is 0.0231. The molecule has 0 saturated carbocycles. The fourth-order valence-corrected chi connectivity index (χ4v) is 1.73. The monoisotopic (exact) mass is 225 g/mol. The molecular weight excluding hydrogens is 210 g/mol. The first-order chi connectivity index (χ1) is 7.66. The Bertz CT molecular complexity index is 353. The molecule has 1 saturated heterocycles. The Kier molecular flexibility index (Phi) is 3.14. The summed E-state index contributed by atoms with van der Waals surface area (Å²) in [5, 5.41) is 10.7. The normalized spacial score (nSPS) is 25.8. The van der Waals surface area contributed by atoms with E-state index in [9.17, 15) is 4.79 Å². The van der Waals surface area contributed by atoms with Crippen LogP contribution in [0.2, 0.25) is 0 Å². The molecule has 0 spiro atoms. The van der Waals surface area contributed by atoms with Gasteiger partial charge >= 0.3 is 0 Å². The summed E-state index contributed by atoms with van der Waals surface area (Å²) < 4.78 is 6.89. The fourth-order valence-electron chi connectivity index (χ4n) is 1.73. The second-order valence-corrected chi connectivity index (χ2v) is 4.05. The van der Waals surface area contributed by atoms with Gasteiger partial charge in [0.25, 0.3) is 0 Å². The lowest BCUT2D eigenvalue weighted by molar-refractivity contribution is -0.144. The summed E-state index contributed by atoms with van der Waals surface area (Å²) in [6.45, 7) is 5.33. The zero-order chi connectivity index (χ0) is 11.5. The summed E-state index contributed by atoms with van der Waals surface area (Å²) >= 11 is 0. The highest BCUT2D eigenvalue weighted by atomic mass is 16.5. The van der Waals surface area contributed by atoms with Crippen molar-refractivity contribution in [3.8, 4) is 0 Å². The smallest absolute Gasteiger partial charge is 0.244 e. The molecule has 2 atom stereocenters. The lowest BCUT2D eigenvalue weighted by Crippen LogP contribution is -2.51. The van der Waals surface area contributed by atoms with E-state index in [2.05, 4.69) is 15.5 Å². The number of hydrogen-bond acceptors (Lipinski definition) is 5. The van der Waals surface area contributed by atoms with E-state index in [0.29, 0.717) is 13.2 Å². The molecule has 7 heteroatoms. The first kappa shape index (κ1) is 11.0. The van der Waals surface area contributed by atoms with Gasteiger partial charge in [-0.2, -0.15) is 0 Å². The highest BCUT2D eigenvalue weighted by molar-refractivity contribution is 5.76. The SMILES string of the molecule is C[C@@H]1CN(C(=O)Cn2cnnn2)[C@H](C)CO1. The molecule has 2 heterocycles. The van der Waals surface area contributed by atoms with Crippen LogP contribution in [0.1, 0.15) is 13.8 Å². The molecule has 1 fully saturated rings. The lowest BCUT2D eigenvalue weighted by atomic mass is 10.2. The molecule has 1 aliphatic heterocycles. The number of carbonyl (C=O) groups is 1. The number of carbonyl (C=O) groups excluding carboxylic acids is 1. The van der Waals surface area contributed by atoms with E-state index in [0.717, 1.165) is 0 Å². The predicted molar refractivity (Wildman–Crippen MR) is 54.4 cm³/mol. The summed E-state index contributed by atoms with van der Waals surface area (Å²) in [5.41, 5.74) is 0. The van der Waals surface area contributed by atoms with E-state index in [1.165, 1.54) is 11.0 Å². The third-order valence-electron chi connectivity index (χ3n) is 2.62. The standard InChI is InChI=1S/C9H15N5O2/c1-7-5-16-8(2)3-14(7)9(15)4-13-6-10-11-12-13/h6-8H,3-5H2,1-2H3/t7-,8-/m1/s1. The van der Waals surface area contributed by atoms with E-state index in [1.807, 2.05) is 18.7 Å². The van der Waals surface area contributed by atoms with Crippen molar-refractivity contribution in [2.24, 2.45) is 0 Å². The molecule has 0 N–H and O–H groups in total. The summed E-state index contributed by atoms with van der Waals surface area (Å²) in [6, 6.07) is 0.111. The van der Waals surface area contributed by atoms with Crippen molar-refractivity contribution in [2.75, 3.05) is 13.2 Å². The van der Waals surface area contributed by atoms with Crippen LogP contribution in [0.3, 0.4) is 0 Å². The van der Waals surface area contributed by atoms with Crippen molar-refractivity contribution in [3.05, 3.63) is 6.33 Å². The first-order valence-electron chi connectivity index (χ1n) is 5.28. The second kappa shape index (κ2) is 4.56. The van der Waals surface area contributed by atoms with Crippen LogP contribution >= 0.6 is 0 Å². The van der Waals surface area contributed by atoms with Gasteiger partial charge in [-0.25, -0.2) is 4.68 Å². The molecule has 16 heavy (non-hydrogen) atoms. The molecule has 0 unspecified atom stereocenters. The Labute approximate surface area is 93.4 Å². The number of amides is 1. The van der Waals surface area contributed by atoms with Crippen LogP contribution in [-0.4, -0.2) is 56.3 Å². The van der Waals surface area contributed by atoms with E-state index < -0.39 is 0 Å². The van der Waals surface area contributed by atoms with E-state index in [1.54, 1.807) is 0 Å². The third-order valence-corrected chi connectivity index (χ3v) is 2.62. The second-order valence-electron chi connectivity index (χ2n) is 4.05. The molecule has 1 aliphatic rings. The van der Waals surface area contributed by atoms with Crippen molar-refractivity contribution in [3.63, 3.8) is 0 Å². The van der Waals surface area contributed by atoms with Crippen molar-refractivity contribution in [1.29, 1.82) is 0 Å². The van der Waals surface area contributed by atoms with Crippen LogP contribution in [0, 0.1) is 0 Å². The molecule has 1 aromatic heterocycles. The van der Waals surface area contributed by atoms with Crippen LogP contribution in [0.25, 0.3) is 0 Å². The van der Waals surface area contributed by atoms with Gasteiger partial charge in [-0.1, -0.05) is 0 Å². The molecule has 7 nitrogen and oxygen atoms in total. The molecule has 2 rings (SSSR count). The fraction of sp³-hybridized carbons (Fsp3) is 0.778. The molecule has 0 bridgehead atoms. The molecule has 0 radical (unpaired) electrons. The molecular formula is C9H15N5O2. The zero-order valence-corrected chi connectivity index (χ0v) is 9.41. The molecule has 0 aromatic carbocycles. The number of rotatable bonds is 2. The first-order valence-corrected chi connectivity index (χ1v) is 5.28. The number of hydrogen-bond donors (Lipinski definition) is 0. The van der Waals surface area contributed by atoms with Gasteiger partial charge in [-0.15, -0.1) is 5.10 Å². The van der Waals surface area contributed by atoms with Gasteiger partial charge in [0.2, 0.25) is 5.91 Å². The van der Waals surface area contributed by atoms with E-state index in [4.69, 9.17) is 4.74 Å². The lowest BCUT2D eigenvalue weighted by Gasteiger charge is -2.36. The van der Waals surface area contributed by atoms with Crippen LogP contribution in [0.15, 0.2) is 6.33 Å². The van der Waals surface area contributed by atoms with Crippen LogP contribution in [-0.2, 0) is 16.1 Å². The van der Waals surface area contributed by atoms with Crippen molar-refractivity contribution in [2.45, 2.75) is 32.5 Å². The van der Waals surface area contributed by atoms with Gasteiger partial charge in [0, 0.05) is 6.54 Å².